The minimum atomic E-state index is -4.82. The summed E-state index contributed by atoms with van der Waals surface area (Å²) in [5.74, 6) is -1.65. The molecular weight excluding hydrogens is 518 g/mol. The van der Waals surface area contributed by atoms with E-state index < -0.39 is 35.7 Å². The number of benzene rings is 1. The van der Waals surface area contributed by atoms with Gasteiger partial charge in [-0.1, -0.05) is 13.0 Å². The topological polar surface area (TPSA) is 93.0 Å². The van der Waals surface area contributed by atoms with Gasteiger partial charge in [0.2, 0.25) is 5.91 Å². The molecule has 212 valence electrons. The molecule has 0 radical (unpaired) electrons. The average Bonchev–Trinajstić information content (AvgIpc) is 3.20. The number of likely N-dealkylation sites (tertiary alicyclic amines) is 1. The van der Waals surface area contributed by atoms with E-state index in [1.54, 1.807) is 4.90 Å². The van der Waals surface area contributed by atoms with Gasteiger partial charge in [0.15, 0.2) is 0 Å². The minimum Gasteiger partial charge on any atom is -0.393 e. The number of hydrogen-bond acceptors (Lipinski definition) is 7. The molecule has 3 aliphatic rings. The molecule has 1 aromatic heterocycles. The highest BCUT2D eigenvalue weighted by molar-refractivity contribution is 5.84. The molecule has 2 saturated heterocycles. The van der Waals surface area contributed by atoms with Crippen LogP contribution in [0, 0.1) is 5.82 Å². The molecule has 39 heavy (non-hydrogen) atoms. The lowest BCUT2D eigenvalue weighted by Crippen LogP contribution is -2.52. The maximum absolute atomic E-state index is 14.5. The number of aliphatic hydroxyl groups excluding tert-OH is 2. The maximum Gasteiger partial charge on any atom is 0.419 e. The second-order valence-corrected chi connectivity index (χ2v) is 10.8. The third kappa shape index (κ3) is 5.73. The number of halogens is 4. The van der Waals surface area contributed by atoms with Gasteiger partial charge < -0.3 is 24.9 Å². The Hall–Kier alpha value is -2.83. The van der Waals surface area contributed by atoms with Crippen LogP contribution >= 0.6 is 0 Å². The Morgan fingerprint density at radius 2 is 1.77 bits per heavy atom. The van der Waals surface area contributed by atoms with Crippen LogP contribution in [-0.2, 0) is 11.0 Å². The molecule has 2 N–H and O–H groups in total. The van der Waals surface area contributed by atoms with Crippen molar-refractivity contribution in [2.45, 2.75) is 56.4 Å². The van der Waals surface area contributed by atoms with Gasteiger partial charge in [-0.2, -0.15) is 13.2 Å². The number of anilines is 1. The zero-order valence-corrected chi connectivity index (χ0v) is 21.7. The molecule has 1 amide bonds. The van der Waals surface area contributed by atoms with E-state index >= 15 is 0 Å². The summed E-state index contributed by atoms with van der Waals surface area (Å²) >= 11 is 0. The number of aromatic nitrogens is 2. The largest absolute Gasteiger partial charge is 0.419 e. The van der Waals surface area contributed by atoms with E-state index in [-0.39, 0.29) is 23.9 Å². The Morgan fingerprint density at radius 1 is 1.08 bits per heavy atom. The summed E-state index contributed by atoms with van der Waals surface area (Å²) in [6.07, 6.45) is -2.76. The summed E-state index contributed by atoms with van der Waals surface area (Å²) in [6.45, 7) is 5.06. The Balaban J connectivity index is 1.34. The molecule has 1 aromatic carbocycles. The number of aliphatic hydroxyl groups is 2. The number of piperidine rings is 1. The van der Waals surface area contributed by atoms with Crippen molar-refractivity contribution in [3.8, 4) is 0 Å². The molecule has 2 aromatic rings. The van der Waals surface area contributed by atoms with E-state index in [4.69, 9.17) is 0 Å². The van der Waals surface area contributed by atoms with Gasteiger partial charge in [0.05, 0.1) is 29.4 Å². The zero-order chi connectivity index (χ0) is 27.9. The molecule has 8 nitrogen and oxygen atoms in total. The van der Waals surface area contributed by atoms with E-state index in [1.807, 2.05) is 11.8 Å². The Kier molecular flexibility index (Phi) is 7.80. The average molecular weight is 552 g/mol. The lowest BCUT2D eigenvalue weighted by atomic mass is 9.94. The predicted octanol–water partition coefficient (Wildman–Crippen LogP) is 3.06. The van der Waals surface area contributed by atoms with Crippen LogP contribution in [-0.4, -0.2) is 87.8 Å². The minimum absolute atomic E-state index is 0.105. The fourth-order valence-electron chi connectivity index (χ4n) is 5.98. The normalized spacial score (nSPS) is 23.7. The summed E-state index contributed by atoms with van der Waals surface area (Å²) in [7, 11) is 0. The molecule has 0 saturated carbocycles. The van der Waals surface area contributed by atoms with Crippen LogP contribution in [0.1, 0.15) is 66.5 Å². The van der Waals surface area contributed by atoms with Crippen LogP contribution in [0.3, 0.4) is 0 Å². The van der Waals surface area contributed by atoms with Crippen molar-refractivity contribution in [3.63, 3.8) is 0 Å². The van der Waals surface area contributed by atoms with E-state index in [2.05, 4.69) is 14.9 Å². The fourth-order valence-corrected chi connectivity index (χ4v) is 5.98. The smallest absolute Gasteiger partial charge is 0.393 e. The summed E-state index contributed by atoms with van der Waals surface area (Å²) in [5, 5.41) is 20.2. The number of rotatable bonds is 5. The predicted molar refractivity (Wildman–Crippen MR) is 135 cm³/mol. The molecule has 0 unspecified atom stereocenters. The second-order valence-electron chi connectivity index (χ2n) is 10.8. The highest BCUT2D eigenvalue weighted by Crippen LogP contribution is 2.43. The Labute approximate surface area is 224 Å². The molecule has 2 fully saturated rings. The SMILES string of the molecule is C[C@@H]1C[C@@H](O)c2ncnc(N3CCN(C(=O)[C@H](CN4CCC(O)CC4)c4ccc(C(F)(F)F)c(F)c4)CC3)c21. The number of amides is 1. The molecular formula is C27H33F4N5O3. The van der Waals surface area contributed by atoms with E-state index in [9.17, 15) is 32.6 Å². The first kappa shape index (κ1) is 27.7. The molecule has 12 heteroatoms. The van der Waals surface area contributed by atoms with Crippen molar-refractivity contribution in [1.82, 2.24) is 19.8 Å². The molecule has 3 heterocycles. The molecule has 5 rings (SSSR count). The van der Waals surface area contributed by atoms with Crippen molar-refractivity contribution in [2.24, 2.45) is 0 Å². The molecule has 0 bridgehead atoms. The van der Waals surface area contributed by atoms with Crippen LogP contribution in [0.5, 0.6) is 0 Å². The lowest BCUT2D eigenvalue weighted by molar-refractivity contribution is -0.140. The van der Waals surface area contributed by atoms with E-state index in [0.29, 0.717) is 70.3 Å². The van der Waals surface area contributed by atoms with Crippen molar-refractivity contribution in [2.75, 3.05) is 50.7 Å². The van der Waals surface area contributed by atoms with Gasteiger partial charge in [0.25, 0.3) is 0 Å². The highest BCUT2D eigenvalue weighted by Gasteiger charge is 2.37. The van der Waals surface area contributed by atoms with Crippen LogP contribution in [0.4, 0.5) is 23.4 Å². The molecule has 1 aliphatic carbocycles. The van der Waals surface area contributed by atoms with E-state index in [0.717, 1.165) is 17.4 Å². The van der Waals surface area contributed by atoms with Gasteiger partial charge in [-0.15, -0.1) is 0 Å². The fraction of sp³-hybridized carbons (Fsp3) is 0.593. The van der Waals surface area contributed by atoms with Gasteiger partial charge in [-0.05, 0) is 42.9 Å². The number of alkyl halides is 3. The first-order chi connectivity index (χ1) is 18.5. The number of nitrogens with zero attached hydrogens (tertiary/aromatic N) is 5. The zero-order valence-electron chi connectivity index (χ0n) is 21.7. The Bertz CT molecular complexity index is 1200. The van der Waals surface area contributed by atoms with Crippen molar-refractivity contribution in [3.05, 3.63) is 52.7 Å². The quantitative estimate of drug-likeness (QED) is 0.552. The number of carbonyl (C=O) groups excluding carboxylic acids is 1. The number of piperazine rings is 1. The van der Waals surface area contributed by atoms with Crippen LogP contribution in [0.2, 0.25) is 0 Å². The van der Waals surface area contributed by atoms with Crippen LogP contribution in [0.25, 0.3) is 0 Å². The van der Waals surface area contributed by atoms with Gasteiger partial charge in [-0.25, -0.2) is 14.4 Å². The monoisotopic (exact) mass is 551 g/mol. The molecule has 0 spiro atoms. The van der Waals surface area contributed by atoms with Crippen molar-refractivity contribution < 1.29 is 32.6 Å². The summed E-state index contributed by atoms with van der Waals surface area (Å²) in [4.78, 5) is 28.3. The molecule has 2 aliphatic heterocycles. The van der Waals surface area contributed by atoms with Gasteiger partial charge in [0, 0.05) is 51.4 Å². The first-order valence-electron chi connectivity index (χ1n) is 13.4. The Morgan fingerprint density at radius 3 is 2.41 bits per heavy atom. The van der Waals surface area contributed by atoms with Crippen LogP contribution in [0.15, 0.2) is 24.5 Å². The standard InChI is InChI=1S/C27H33F4N5O3/c1-16-12-22(38)24-23(16)25(33-15-32-24)35-8-10-36(11-9-35)26(39)19(14-34-6-4-18(37)5-7-34)17-2-3-20(21(28)13-17)27(29,30)31/h2-3,13,15-16,18-19,22,37-38H,4-12,14H2,1H3/t16-,19-,22-/m1/s1. The number of carbonyl (C=O) groups is 1. The molecule has 3 atom stereocenters. The second kappa shape index (κ2) is 11.0. The van der Waals surface area contributed by atoms with E-state index in [1.165, 1.54) is 12.4 Å². The van der Waals surface area contributed by atoms with Gasteiger partial charge in [-0.3, -0.25) is 4.79 Å². The summed E-state index contributed by atoms with van der Waals surface area (Å²) < 4.78 is 54.0. The summed E-state index contributed by atoms with van der Waals surface area (Å²) in [5.41, 5.74) is 0.414. The van der Waals surface area contributed by atoms with Crippen LogP contribution < -0.4 is 4.90 Å². The van der Waals surface area contributed by atoms with Gasteiger partial charge in [0.1, 0.15) is 18.0 Å². The van der Waals surface area contributed by atoms with Crippen molar-refractivity contribution in [1.29, 1.82) is 0 Å². The maximum atomic E-state index is 14.5. The number of fused-ring (bicyclic) bond motifs is 1. The summed E-state index contributed by atoms with van der Waals surface area (Å²) in [6, 6.07) is 2.73. The first-order valence-corrected chi connectivity index (χ1v) is 13.4. The lowest BCUT2D eigenvalue weighted by Gasteiger charge is -2.39. The van der Waals surface area contributed by atoms with Crippen molar-refractivity contribution >= 4 is 11.7 Å². The van der Waals surface area contributed by atoms with Gasteiger partial charge >= 0.3 is 6.18 Å². The number of hydrogen-bond donors (Lipinski definition) is 2. The third-order valence-electron chi connectivity index (χ3n) is 8.17. The third-order valence-corrected chi connectivity index (χ3v) is 8.17. The highest BCUT2D eigenvalue weighted by atomic mass is 19.4.